The second-order valence-electron chi connectivity index (χ2n) is 5.09. The zero-order valence-electron chi connectivity index (χ0n) is 12.0. The number of anilines is 1. The minimum atomic E-state index is 0.0897. The normalized spacial score (nSPS) is 18.3. The molecule has 4 nitrogen and oxygen atoms in total. The molecule has 1 unspecified atom stereocenters. The topological polar surface area (TPSA) is 43.2 Å². The summed E-state index contributed by atoms with van der Waals surface area (Å²) in [6.45, 7) is 10.2. The number of hydrogen-bond acceptors (Lipinski definition) is 5. The first kappa shape index (κ1) is 14.3. The van der Waals surface area contributed by atoms with E-state index in [1.54, 1.807) is 11.3 Å². The van der Waals surface area contributed by atoms with E-state index in [9.17, 15) is 5.26 Å². The molecule has 1 aliphatic rings. The zero-order chi connectivity index (χ0) is 13.8. The van der Waals surface area contributed by atoms with Crippen molar-refractivity contribution in [3.05, 3.63) is 10.6 Å². The van der Waals surface area contributed by atoms with E-state index in [1.165, 1.54) is 4.88 Å². The van der Waals surface area contributed by atoms with E-state index in [4.69, 9.17) is 0 Å². The molecule has 0 radical (unpaired) electrons. The minimum absolute atomic E-state index is 0.0897. The molecule has 1 atom stereocenters. The van der Waals surface area contributed by atoms with Crippen LogP contribution >= 0.6 is 11.3 Å². The highest BCUT2D eigenvalue weighted by Gasteiger charge is 2.24. The number of nitrogens with zero attached hydrogens (tertiary/aromatic N) is 4. The molecule has 104 valence electrons. The van der Waals surface area contributed by atoms with E-state index >= 15 is 0 Å². The Labute approximate surface area is 119 Å². The first-order valence-electron chi connectivity index (χ1n) is 6.98. The van der Waals surface area contributed by atoms with Gasteiger partial charge in [-0.15, -0.1) is 11.3 Å². The predicted molar refractivity (Wildman–Crippen MR) is 79.7 cm³/mol. The van der Waals surface area contributed by atoms with Gasteiger partial charge in [-0.3, -0.25) is 4.90 Å². The van der Waals surface area contributed by atoms with Gasteiger partial charge >= 0.3 is 0 Å². The molecule has 1 saturated heterocycles. The molecule has 0 spiro atoms. The van der Waals surface area contributed by atoms with Gasteiger partial charge in [0.2, 0.25) is 0 Å². The third-order valence-corrected chi connectivity index (χ3v) is 4.89. The summed E-state index contributed by atoms with van der Waals surface area (Å²) in [5.74, 6) is 0. The van der Waals surface area contributed by atoms with Gasteiger partial charge in [0.1, 0.15) is 0 Å². The van der Waals surface area contributed by atoms with Crippen LogP contribution in [0, 0.1) is 25.2 Å². The summed E-state index contributed by atoms with van der Waals surface area (Å²) < 4.78 is 0. The number of aryl methyl sites for hydroxylation is 2. The quantitative estimate of drug-likeness (QED) is 0.849. The number of aromatic nitrogens is 1. The van der Waals surface area contributed by atoms with Crippen LogP contribution in [-0.2, 0) is 0 Å². The Balaban J connectivity index is 1.94. The van der Waals surface area contributed by atoms with Crippen molar-refractivity contribution in [1.29, 1.82) is 5.26 Å². The Hall–Kier alpha value is -1.12. The number of thiazole rings is 1. The molecule has 1 fully saturated rings. The van der Waals surface area contributed by atoms with E-state index in [0.29, 0.717) is 0 Å². The smallest absolute Gasteiger partial charge is 0.185 e. The maximum atomic E-state index is 9.22. The van der Waals surface area contributed by atoms with Crippen molar-refractivity contribution >= 4 is 16.5 Å². The molecule has 1 aromatic heterocycles. The maximum absolute atomic E-state index is 9.22. The number of hydrogen-bond donors (Lipinski definition) is 0. The summed E-state index contributed by atoms with van der Waals surface area (Å²) in [7, 11) is 0. The van der Waals surface area contributed by atoms with E-state index in [-0.39, 0.29) is 6.04 Å². The van der Waals surface area contributed by atoms with Crippen molar-refractivity contribution in [1.82, 2.24) is 9.88 Å². The SMILES string of the molecule is CCCC(C#N)N1CCN(c2nc(C)c(C)s2)CC1. The van der Waals surface area contributed by atoms with Gasteiger partial charge in [0, 0.05) is 31.1 Å². The third-order valence-electron chi connectivity index (χ3n) is 3.75. The average Bonchev–Trinajstić information content (AvgIpc) is 2.76. The molecule has 0 aromatic carbocycles. The van der Waals surface area contributed by atoms with Crippen LogP contribution in [-0.4, -0.2) is 42.1 Å². The fraction of sp³-hybridized carbons (Fsp3) is 0.714. The van der Waals surface area contributed by atoms with Crippen molar-refractivity contribution in [2.45, 2.75) is 39.7 Å². The monoisotopic (exact) mass is 278 g/mol. The van der Waals surface area contributed by atoms with Crippen molar-refractivity contribution in [2.75, 3.05) is 31.1 Å². The van der Waals surface area contributed by atoms with Crippen molar-refractivity contribution < 1.29 is 0 Å². The van der Waals surface area contributed by atoms with E-state index < -0.39 is 0 Å². The van der Waals surface area contributed by atoms with Gasteiger partial charge in [-0.2, -0.15) is 5.26 Å². The molecule has 0 aliphatic carbocycles. The lowest BCUT2D eigenvalue weighted by Gasteiger charge is -2.36. The molecule has 19 heavy (non-hydrogen) atoms. The van der Waals surface area contributed by atoms with Crippen LogP contribution < -0.4 is 4.90 Å². The highest BCUT2D eigenvalue weighted by atomic mass is 32.1. The highest BCUT2D eigenvalue weighted by Crippen LogP contribution is 2.26. The Morgan fingerprint density at radius 2 is 2.00 bits per heavy atom. The lowest BCUT2D eigenvalue weighted by molar-refractivity contribution is 0.211. The third kappa shape index (κ3) is 3.26. The van der Waals surface area contributed by atoms with Gasteiger partial charge in [-0.25, -0.2) is 4.98 Å². The van der Waals surface area contributed by atoms with Crippen molar-refractivity contribution in [3.63, 3.8) is 0 Å². The molecule has 0 bridgehead atoms. The standard InChI is InChI=1S/C14H22N4S/c1-4-5-13(10-15)17-6-8-18(9-7-17)14-16-11(2)12(3)19-14/h13H,4-9H2,1-3H3. The molecule has 0 amide bonds. The van der Waals surface area contributed by atoms with Gasteiger partial charge in [-0.1, -0.05) is 13.3 Å². The second-order valence-corrected chi connectivity index (χ2v) is 6.28. The molecule has 1 aromatic rings. The Bertz CT molecular complexity index is 435. The van der Waals surface area contributed by atoms with Gasteiger partial charge in [0.15, 0.2) is 5.13 Å². The Morgan fingerprint density at radius 3 is 2.47 bits per heavy atom. The lowest BCUT2D eigenvalue weighted by Crippen LogP contribution is -2.50. The van der Waals surface area contributed by atoms with Crippen LogP contribution in [0.3, 0.4) is 0 Å². The van der Waals surface area contributed by atoms with Crippen LogP contribution in [0.15, 0.2) is 0 Å². The lowest BCUT2D eigenvalue weighted by atomic mass is 10.1. The molecule has 2 heterocycles. The molecular weight excluding hydrogens is 256 g/mol. The van der Waals surface area contributed by atoms with E-state index in [0.717, 1.165) is 49.8 Å². The summed E-state index contributed by atoms with van der Waals surface area (Å²) in [6, 6.07) is 2.52. The Kier molecular flexibility index (Phi) is 4.78. The maximum Gasteiger partial charge on any atom is 0.185 e. The van der Waals surface area contributed by atoms with Crippen LogP contribution in [0.2, 0.25) is 0 Å². The van der Waals surface area contributed by atoms with Crippen LogP contribution in [0.5, 0.6) is 0 Å². The zero-order valence-corrected chi connectivity index (χ0v) is 12.8. The van der Waals surface area contributed by atoms with Gasteiger partial charge in [0.05, 0.1) is 17.8 Å². The molecule has 0 saturated carbocycles. The summed E-state index contributed by atoms with van der Waals surface area (Å²) in [5, 5.41) is 10.4. The molecule has 5 heteroatoms. The summed E-state index contributed by atoms with van der Waals surface area (Å²) in [6.07, 6.45) is 2.05. The van der Waals surface area contributed by atoms with Gasteiger partial charge in [0.25, 0.3) is 0 Å². The fourth-order valence-corrected chi connectivity index (χ4v) is 3.38. The van der Waals surface area contributed by atoms with E-state index in [2.05, 4.69) is 41.6 Å². The molecular formula is C14H22N4S. The van der Waals surface area contributed by atoms with Gasteiger partial charge in [-0.05, 0) is 20.3 Å². The van der Waals surface area contributed by atoms with Crippen LogP contribution in [0.1, 0.15) is 30.3 Å². The minimum Gasteiger partial charge on any atom is -0.346 e. The number of piperazine rings is 1. The summed E-state index contributed by atoms with van der Waals surface area (Å²) >= 11 is 1.78. The van der Waals surface area contributed by atoms with Crippen LogP contribution in [0.4, 0.5) is 5.13 Å². The predicted octanol–water partition coefficient (Wildman–Crippen LogP) is 2.57. The highest BCUT2D eigenvalue weighted by molar-refractivity contribution is 7.15. The average molecular weight is 278 g/mol. The van der Waals surface area contributed by atoms with Crippen LogP contribution in [0.25, 0.3) is 0 Å². The van der Waals surface area contributed by atoms with Crippen molar-refractivity contribution in [3.8, 4) is 6.07 Å². The summed E-state index contributed by atoms with van der Waals surface area (Å²) in [5.41, 5.74) is 1.14. The first-order valence-corrected chi connectivity index (χ1v) is 7.80. The largest absolute Gasteiger partial charge is 0.346 e. The molecule has 2 rings (SSSR count). The second kappa shape index (κ2) is 6.36. The first-order chi connectivity index (χ1) is 9.15. The Morgan fingerprint density at radius 1 is 1.32 bits per heavy atom. The number of rotatable bonds is 4. The van der Waals surface area contributed by atoms with Gasteiger partial charge < -0.3 is 4.90 Å². The number of nitriles is 1. The van der Waals surface area contributed by atoms with Crippen molar-refractivity contribution in [2.24, 2.45) is 0 Å². The molecule has 0 N–H and O–H groups in total. The molecule has 1 aliphatic heterocycles. The van der Waals surface area contributed by atoms with E-state index in [1.807, 2.05) is 0 Å². The summed E-state index contributed by atoms with van der Waals surface area (Å²) in [4.78, 5) is 10.6. The fourth-order valence-electron chi connectivity index (χ4n) is 2.42.